The SMILES string of the molecule is CCN1CCOC(C(=O)NC(CN)c2ccc3ccccc3c2)C1. The van der Waals surface area contributed by atoms with Gasteiger partial charge in [-0.1, -0.05) is 43.3 Å². The van der Waals surface area contributed by atoms with Crippen molar-refractivity contribution in [3.8, 4) is 0 Å². The van der Waals surface area contributed by atoms with E-state index in [0.717, 1.165) is 24.0 Å². The number of nitrogens with one attached hydrogen (secondary N) is 1. The van der Waals surface area contributed by atoms with Gasteiger partial charge in [-0.15, -0.1) is 0 Å². The maximum absolute atomic E-state index is 12.5. The van der Waals surface area contributed by atoms with E-state index < -0.39 is 6.10 Å². The summed E-state index contributed by atoms with van der Waals surface area (Å²) < 4.78 is 5.63. The van der Waals surface area contributed by atoms with Crippen LogP contribution in [0.2, 0.25) is 0 Å². The maximum Gasteiger partial charge on any atom is 0.250 e. The first-order chi connectivity index (χ1) is 11.7. The van der Waals surface area contributed by atoms with Gasteiger partial charge in [0, 0.05) is 19.6 Å². The number of nitrogens with two attached hydrogens (primary N) is 1. The Hall–Kier alpha value is -1.95. The number of carbonyl (C=O) groups is 1. The third kappa shape index (κ3) is 3.75. The van der Waals surface area contributed by atoms with Crippen LogP contribution in [0.5, 0.6) is 0 Å². The predicted molar refractivity (Wildman–Crippen MR) is 95.7 cm³/mol. The van der Waals surface area contributed by atoms with Crippen LogP contribution in [-0.2, 0) is 9.53 Å². The van der Waals surface area contributed by atoms with Crippen LogP contribution < -0.4 is 11.1 Å². The lowest BCUT2D eigenvalue weighted by molar-refractivity contribution is -0.139. The number of nitrogens with zero attached hydrogens (tertiary/aromatic N) is 1. The summed E-state index contributed by atoms with van der Waals surface area (Å²) in [5.74, 6) is -0.0863. The van der Waals surface area contributed by atoms with Crippen molar-refractivity contribution in [3.63, 3.8) is 0 Å². The molecular formula is C19H25N3O2. The van der Waals surface area contributed by atoms with E-state index in [1.165, 1.54) is 5.39 Å². The van der Waals surface area contributed by atoms with Gasteiger partial charge in [0.25, 0.3) is 5.91 Å². The molecule has 2 aromatic rings. The Morgan fingerprint density at radius 3 is 2.88 bits per heavy atom. The second-order valence-corrected chi connectivity index (χ2v) is 6.16. The third-order valence-electron chi connectivity index (χ3n) is 4.62. The summed E-state index contributed by atoms with van der Waals surface area (Å²) in [5, 5.41) is 5.37. The van der Waals surface area contributed by atoms with Crippen LogP contribution in [0.3, 0.4) is 0 Å². The van der Waals surface area contributed by atoms with E-state index >= 15 is 0 Å². The third-order valence-corrected chi connectivity index (χ3v) is 4.62. The molecule has 3 N–H and O–H groups in total. The molecule has 2 atom stereocenters. The molecule has 3 rings (SSSR count). The number of fused-ring (bicyclic) bond motifs is 1. The fourth-order valence-corrected chi connectivity index (χ4v) is 3.12. The average molecular weight is 327 g/mol. The van der Waals surface area contributed by atoms with Crippen molar-refractivity contribution in [3.05, 3.63) is 48.0 Å². The average Bonchev–Trinajstić information content (AvgIpc) is 2.65. The van der Waals surface area contributed by atoms with E-state index in [-0.39, 0.29) is 11.9 Å². The van der Waals surface area contributed by atoms with Gasteiger partial charge < -0.3 is 15.8 Å². The van der Waals surface area contributed by atoms with E-state index in [0.29, 0.717) is 19.7 Å². The molecule has 5 nitrogen and oxygen atoms in total. The zero-order valence-corrected chi connectivity index (χ0v) is 14.1. The fraction of sp³-hybridized carbons (Fsp3) is 0.421. The number of benzene rings is 2. The minimum absolute atomic E-state index is 0.0863. The summed E-state index contributed by atoms with van der Waals surface area (Å²) in [4.78, 5) is 14.8. The number of hydrogen-bond donors (Lipinski definition) is 2. The highest BCUT2D eigenvalue weighted by Gasteiger charge is 2.27. The Balaban J connectivity index is 1.72. The first-order valence-electron chi connectivity index (χ1n) is 8.54. The molecule has 128 valence electrons. The first kappa shape index (κ1) is 16.9. The molecule has 24 heavy (non-hydrogen) atoms. The van der Waals surface area contributed by atoms with Gasteiger partial charge in [0.1, 0.15) is 6.10 Å². The van der Waals surface area contributed by atoms with Crippen molar-refractivity contribution >= 4 is 16.7 Å². The summed E-state index contributed by atoms with van der Waals surface area (Å²) >= 11 is 0. The molecule has 0 spiro atoms. The lowest BCUT2D eigenvalue weighted by Gasteiger charge is -2.32. The summed E-state index contributed by atoms with van der Waals surface area (Å²) in [6.45, 7) is 5.49. The lowest BCUT2D eigenvalue weighted by Crippen LogP contribution is -2.50. The number of morpholine rings is 1. The molecule has 0 radical (unpaired) electrons. The lowest BCUT2D eigenvalue weighted by atomic mass is 10.0. The molecule has 0 saturated carbocycles. The van der Waals surface area contributed by atoms with Gasteiger partial charge in [-0.3, -0.25) is 9.69 Å². The molecule has 1 heterocycles. The maximum atomic E-state index is 12.5. The minimum Gasteiger partial charge on any atom is -0.366 e. The summed E-state index contributed by atoms with van der Waals surface area (Å²) in [7, 11) is 0. The molecule has 1 fully saturated rings. The van der Waals surface area contributed by atoms with E-state index in [1.807, 2.05) is 18.2 Å². The quantitative estimate of drug-likeness (QED) is 0.877. The molecule has 0 aliphatic carbocycles. The number of likely N-dealkylation sites (N-methyl/N-ethyl adjacent to an activating group) is 1. The van der Waals surface area contributed by atoms with Crippen molar-refractivity contribution in [1.29, 1.82) is 0 Å². The Morgan fingerprint density at radius 2 is 2.12 bits per heavy atom. The molecule has 1 aliphatic heterocycles. The highest BCUT2D eigenvalue weighted by Crippen LogP contribution is 2.20. The number of ether oxygens (including phenoxy) is 1. The molecule has 5 heteroatoms. The molecular weight excluding hydrogens is 302 g/mol. The summed E-state index contributed by atoms with van der Waals surface area (Å²) in [6, 6.07) is 14.1. The van der Waals surface area contributed by atoms with E-state index in [9.17, 15) is 4.79 Å². The van der Waals surface area contributed by atoms with Gasteiger partial charge in [-0.25, -0.2) is 0 Å². The molecule has 2 aromatic carbocycles. The van der Waals surface area contributed by atoms with Crippen LogP contribution in [0.25, 0.3) is 10.8 Å². The Morgan fingerprint density at radius 1 is 1.33 bits per heavy atom. The van der Waals surface area contributed by atoms with Crippen LogP contribution in [-0.4, -0.2) is 49.7 Å². The first-order valence-corrected chi connectivity index (χ1v) is 8.54. The second kappa shape index (κ2) is 7.75. The van der Waals surface area contributed by atoms with Crippen molar-refractivity contribution in [2.24, 2.45) is 5.73 Å². The molecule has 2 unspecified atom stereocenters. The standard InChI is InChI=1S/C19H25N3O2/c1-2-22-9-10-24-18(13-22)19(23)21-17(12-20)16-8-7-14-5-3-4-6-15(14)11-16/h3-8,11,17-18H,2,9-10,12-13,20H2,1H3,(H,21,23). The summed E-state index contributed by atoms with van der Waals surface area (Å²) in [5.41, 5.74) is 6.94. The topological polar surface area (TPSA) is 67.6 Å². The highest BCUT2D eigenvalue weighted by atomic mass is 16.5. The smallest absolute Gasteiger partial charge is 0.250 e. The van der Waals surface area contributed by atoms with Gasteiger partial charge in [0.2, 0.25) is 0 Å². The molecule has 1 aliphatic rings. The van der Waals surface area contributed by atoms with Crippen LogP contribution in [0.4, 0.5) is 0 Å². The Kier molecular flexibility index (Phi) is 5.45. The van der Waals surface area contributed by atoms with Crippen LogP contribution in [0, 0.1) is 0 Å². The predicted octanol–water partition coefficient (Wildman–Crippen LogP) is 1.68. The minimum atomic E-state index is -0.423. The Bertz CT molecular complexity index is 704. The van der Waals surface area contributed by atoms with Crippen molar-refractivity contribution in [2.45, 2.75) is 19.1 Å². The highest BCUT2D eigenvalue weighted by molar-refractivity contribution is 5.84. The van der Waals surface area contributed by atoms with Crippen LogP contribution in [0.1, 0.15) is 18.5 Å². The molecule has 0 aromatic heterocycles. The Labute approximate surface area is 142 Å². The largest absolute Gasteiger partial charge is 0.366 e. The molecule has 1 saturated heterocycles. The summed E-state index contributed by atoms with van der Waals surface area (Å²) in [6.07, 6.45) is -0.423. The van der Waals surface area contributed by atoms with Crippen molar-refractivity contribution in [1.82, 2.24) is 10.2 Å². The zero-order valence-electron chi connectivity index (χ0n) is 14.1. The van der Waals surface area contributed by atoms with Crippen molar-refractivity contribution < 1.29 is 9.53 Å². The number of amides is 1. The number of hydrogen-bond acceptors (Lipinski definition) is 4. The van der Waals surface area contributed by atoms with E-state index in [2.05, 4.69) is 41.4 Å². The number of rotatable bonds is 5. The van der Waals surface area contributed by atoms with Gasteiger partial charge in [0.15, 0.2) is 0 Å². The van der Waals surface area contributed by atoms with Crippen LogP contribution >= 0.6 is 0 Å². The van der Waals surface area contributed by atoms with E-state index in [4.69, 9.17) is 10.5 Å². The zero-order chi connectivity index (χ0) is 16.9. The normalized spacial score (nSPS) is 20.0. The fourth-order valence-electron chi connectivity index (χ4n) is 3.12. The van der Waals surface area contributed by atoms with E-state index in [1.54, 1.807) is 0 Å². The van der Waals surface area contributed by atoms with Gasteiger partial charge in [-0.05, 0) is 28.9 Å². The van der Waals surface area contributed by atoms with Gasteiger partial charge >= 0.3 is 0 Å². The van der Waals surface area contributed by atoms with Gasteiger partial charge in [-0.2, -0.15) is 0 Å². The number of carbonyl (C=O) groups excluding carboxylic acids is 1. The molecule has 0 bridgehead atoms. The van der Waals surface area contributed by atoms with Crippen LogP contribution in [0.15, 0.2) is 42.5 Å². The van der Waals surface area contributed by atoms with Gasteiger partial charge in [0.05, 0.1) is 12.6 Å². The van der Waals surface area contributed by atoms with Crippen molar-refractivity contribution in [2.75, 3.05) is 32.8 Å². The molecule has 1 amide bonds. The second-order valence-electron chi connectivity index (χ2n) is 6.16. The monoisotopic (exact) mass is 327 g/mol.